The molecule has 2 aromatic rings. The number of ether oxygens (including phenoxy) is 2. The number of aromatic nitrogens is 2. The lowest BCUT2D eigenvalue weighted by atomic mass is 9.92. The number of hydrogen-bond acceptors (Lipinski definition) is 5. The van der Waals surface area contributed by atoms with Gasteiger partial charge in [-0.05, 0) is 44.4 Å². The van der Waals surface area contributed by atoms with Gasteiger partial charge < -0.3 is 14.8 Å². The zero-order valence-corrected chi connectivity index (χ0v) is 12.8. The number of aryl methyl sites for hydroxylation is 2. The first kappa shape index (κ1) is 14.0. The maximum Gasteiger partial charge on any atom is 0.251 e. The molecule has 1 atom stereocenters. The number of carbonyl (C=O) groups is 1. The van der Waals surface area contributed by atoms with Gasteiger partial charge in [0.1, 0.15) is 5.82 Å². The Balaban J connectivity index is 1.56. The van der Waals surface area contributed by atoms with Crippen molar-refractivity contribution in [2.45, 2.75) is 32.2 Å². The van der Waals surface area contributed by atoms with Crippen LogP contribution >= 0.6 is 0 Å². The van der Waals surface area contributed by atoms with Crippen molar-refractivity contribution in [1.82, 2.24) is 15.3 Å². The van der Waals surface area contributed by atoms with Gasteiger partial charge in [0.2, 0.25) is 6.79 Å². The topological polar surface area (TPSA) is 73.3 Å². The molecule has 0 radical (unpaired) electrons. The van der Waals surface area contributed by atoms with Gasteiger partial charge in [0, 0.05) is 23.0 Å². The number of nitrogens with zero attached hydrogens (tertiary/aromatic N) is 2. The molecule has 1 aliphatic carbocycles. The van der Waals surface area contributed by atoms with Crippen molar-refractivity contribution in [2.24, 2.45) is 0 Å². The van der Waals surface area contributed by atoms with Gasteiger partial charge in [-0.2, -0.15) is 0 Å². The number of amides is 1. The van der Waals surface area contributed by atoms with E-state index in [1.807, 2.05) is 13.1 Å². The molecule has 23 heavy (non-hydrogen) atoms. The molecule has 6 heteroatoms. The summed E-state index contributed by atoms with van der Waals surface area (Å²) in [5.41, 5.74) is 2.63. The van der Waals surface area contributed by atoms with Gasteiger partial charge >= 0.3 is 0 Å². The fraction of sp³-hybridized carbons (Fsp3) is 0.353. The average Bonchev–Trinajstić information content (AvgIpc) is 3.02. The average molecular weight is 311 g/mol. The van der Waals surface area contributed by atoms with E-state index in [4.69, 9.17) is 9.47 Å². The number of rotatable bonds is 2. The summed E-state index contributed by atoms with van der Waals surface area (Å²) < 4.78 is 10.6. The first-order valence-corrected chi connectivity index (χ1v) is 7.73. The molecule has 1 aromatic heterocycles. The Hall–Kier alpha value is -2.63. The zero-order valence-electron chi connectivity index (χ0n) is 12.8. The number of nitrogens with one attached hydrogen (secondary N) is 1. The largest absolute Gasteiger partial charge is 0.454 e. The summed E-state index contributed by atoms with van der Waals surface area (Å²) in [4.78, 5) is 21.3. The van der Waals surface area contributed by atoms with Crippen LogP contribution in [-0.2, 0) is 6.42 Å². The molecule has 4 rings (SSSR count). The quantitative estimate of drug-likeness (QED) is 0.921. The molecule has 2 heterocycles. The van der Waals surface area contributed by atoms with E-state index in [1.165, 1.54) is 0 Å². The second kappa shape index (κ2) is 5.53. The minimum Gasteiger partial charge on any atom is -0.454 e. The third-order valence-electron chi connectivity index (χ3n) is 4.24. The number of fused-ring (bicyclic) bond motifs is 2. The van der Waals surface area contributed by atoms with Crippen molar-refractivity contribution in [3.05, 3.63) is 47.0 Å². The molecule has 118 valence electrons. The molecule has 1 aromatic carbocycles. The highest BCUT2D eigenvalue weighted by Gasteiger charge is 2.24. The smallest absolute Gasteiger partial charge is 0.251 e. The van der Waals surface area contributed by atoms with E-state index >= 15 is 0 Å². The standard InChI is InChI=1S/C17H17N3O3/c1-10-18-8-12-13(19-10)3-2-4-14(12)20-17(21)11-5-6-15-16(7-11)23-9-22-15/h5-8,14H,2-4,9H2,1H3,(H,20,21). The summed E-state index contributed by atoms with van der Waals surface area (Å²) in [6.45, 7) is 2.09. The zero-order chi connectivity index (χ0) is 15.8. The van der Waals surface area contributed by atoms with Gasteiger partial charge in [0.15, 0.2) is 11.5 Å². The molecule has 1 aliphatic heterocycles. The van der Waals surface area contributed by atoms with Gasteiger partial charge in [0.05, 0.1) is 6.04 Å². The van der Waals surface area contributed by atoms with Crippen LogP contribution in [0.3, 0.4) is 0 Å². The molecule has 1 N–H and O–H groups in total. The van der Waals surface area contributed by atoms with E-state index in [9.17, 15) is 4.79 Å². The van der Waals surface area contributed by atoms with Crippen LogP contribution in [0.4, 0.5) is 0 Å². The van der Waals surface area contributed by atoms with Crippen LogP contribution in [0.25, 0.3) is 0 Å². The lowest BCUT2D eigenvalue weighted by molar-refractivity contribution is 0.0932. The SMILES string of the molecule is Cc1ncc2c(n1)CCCC2NC(=O)c1ccc2c(c1)OCO2. The van der Waals surface area contributed by atoms with Crippen molar-refractivity contribution in [2.75, 3.05) is 6.79 Å². The van der Waals surface area contributed by atoms with Crippen molar-refractivity contribution in [1.29, 1.82) is 0 Å². The van der Waals surface area contributed by atoms with E-state index in [1.54, 1.807) is 18.2 Å². The predicted octanol–water partition coefficient (Wildman–Crippen LogP) is 2.32. The molecule has 1 amide bonds. The van der Waals surface area contributed by atoms with Crippen molar-refractivity contribution < 1.29 is 14.3 Å². The fourth-order valence-corrected chi connectivity index (χ4v) is 3.08. The van der Waals surface area contributed by atoms with Gasteiger partial charge in [-0.3, -0.25) is 4.79 Å². The monoisotopic (exact) mass is 311 g/mol. The van der Waals surface area contributed by atoms with Crippen LogP contribution in [-0.4, -0.2) is 22.7 Å². The Labute approximate surface area is 133 Å². The van der Waals surface area contributed by atoms with Crippen molar-refractivity contribution in [3.8, 4) is 11.5 Å². The molecule has 0 saturated carbocycles. The molecular weight excluding hydrogens is 294 g/mol. The maximum atomic E-state index is 12.5. The van der Waals surface area contributed by atoms with Crippen LogP contribution in [0, 0.1) is 6.92 Å². The normalized spacial score (nSPS) is 18.4. The molecule has 2 aliphatic rings. The highest BCUT2D eigenvalue weighted by Crippen LogP contribution is 2.33. The summed E-state index contributed by atoms with van der Waals surface area (Å²) >= 11 is 0. The predicted molar refractivity (Wildman–Crippen MR) is 82.5 cm³/mol. The Bertz CT molecular complexity index is 776. The van der Waals surface area contributed by atoms with E-state index in [0.717, 1.165) is 36.3 Å². The summed E-state index contributed by atoms with van der Waals surface area (Å²) in [6.07, 6.45) is 4.68. The van der Waals surface area contributed by atoms with Crippen molar-refractivity contribution in [3.63, 3.8) is 0 Å². The Morgan fingerprint density at radius 3 is 3.09 bits per heavy atom. The van der Waals surface area contributed by atoms with E-state index in [2.05, 4.69) is 15.3 Å². The molecular formula is C17H17N3O3. The third-order valence-corrected chi connectivity index (χ3v) is 4.24. The number of carbonyl (C=O) groups excluding carboxylic acids is 1. The van der Waals surface area contributed by atoms with Gasteiger partial charge in [-0.15, -0.1) is 0 Å². The number of hydrogen-bond donors (Lipinski definition) is 1. The van der Waals surface area contributed by atoms with E-state index < -0.39 is 0 Å². The third kappa shape index (κ3) is 2.60. The molecule has 6 nitrogen and oxygen atoms in total. The van der Waals surface area contributed by atoms with Crippen LogP contribution in [0.5, 0.6) is 11.5 Å². The Morgan fingerprint density at radius 1 is 1.30 bits per heavy atom. The molecule has 0 bridgehead atoms. The van der Waals surface area contributed by atoms with Gasteiger partial charge in [0.25, 0.3) is 5.91 Å². The Kier molecular flexibility index (Phi) is 3.37. The minimum absolute atomic E-state index is 0.0442. The molecule has 0 spiro atoms. The molecule has 0 saturated heterocycles. The maximum absolute atomic E-state index is 12.5. The van der Waals surface area contributed by atoms with E-state index in [-0.39, 0.29) is 18.7 Å². The molecule has 0 fully saturated rings. The summed E-state index contributed by atoms with van der Waals surface area (Å²) in [6, 6.07) is 5.18. The van der Waals surface area contributed by atoms with Crippen LogP contribution in [0.1, 0.15) is 46.3 Å². The highest BCUT2D eigenvalue weighted by molar-refractivity contribution is 5.95. The minimum atomic E-state index is -0.123. The van der Waals surface area contributed by atoms with E-state index in [0.29, 0.717) is 17.1 Å². The summed E-state index contributed by atoms with van der Waals surface area (Å²) in [5, 5.41) is 3.09. The van der Waals surface area contributed by atoms with Crippen LogP contribution < -0.4 is 14.8 Å². The fourth-order valence-electron chi connectivity index (χ4n) is 3.08. The highest BCUT2D eigenvalue weighted by atomic mass is 16.7. The summed E-state index contributed by atoms with van der Waals surface area (Å²) in [5.74, 6) is 1.93. The Morgan fingerprint density at radius 2 is 2.17 bits per heavy atom. The molecule has 1 unspecified atom stereocenters. The first-order valence-electron chi connectivity index (χ1n) is 7.73. The second-order valence-electron chi connectivity index (χ2n) is 5.81. The summed E-state index contributed by atoms with van der Waals surface area (Å²) in [7, 11) is 0. The van der Waals surface area contributed by atoms with Gasteiger partial charge in [-0.25, -0.2) is 9.97 Å². The lowest BCUT2D eigenvalue weighted by Gasteiger charge is -2.25. The second-order valence-corrected chi connectivity index (χ2v) is 5.81. The number of benzene rings is 1. The first-order chi connectivity index (χ1) is 11.2. The van der Waals surface area contributed by atoms with Crippen LogP contribution in [0.2, 0.25) is 0 Å². The lowest BCUT2D eigenvalue weighted by Crippen LogP contribution is -2.31. The van der Waals surface area contributed by atoms with Gasteiger partial charge in [-0.1, -0.05) is 0 Å². The van der Waals surface area contributed by atoms with Crippen LogP contribution in [0.15, 0.2) is 24.4 Å². The van der Waals surface area contributed by atoms with Crippen molar-refractivity contribution >= 4 is 5.91 Å².